The summed E-state index contributed by atoms with van der Waals surface area (Å²) in [4.78, 5) is 11.5. The van der Waals surface area contributed by atoms with Crippen LogP contribution in [0.1, 0.15) is 18.4 Å². The molecule has 1 aliphatic rings. The SMILES string of the molecule is COc1cccc(CC(=O)NC2CC2)c1. The molecule has 1 N–H and O–H groups in total. The third-order valence-electron chi connectivity index (χ3n) is 2.44. The molecule has 15 heavy (non-hydrogen) atoms. The summed E-state index contributed by atoms with van der Waals surface area (Å²) in [5.41, 5.74) is 0.993. The maximum Gasteiger partial charge on any atom is 0.224 e. The molecule has 0 spiro atoms. The number of hydrogen-bond donors (Lipinski definition) is 1. The Morgan fingerprint density at radius 1 is 1.53 bits per heavy atom. The zero-order chi connectivity index (χ0) is 10.7. The second kappa shape index (κ2) is 4.34. The van der Waals surface area contributed by atoms with Crippen LogP contribution >= 0.6 is 0 Å². The molecule has 3 nitrogen and oxygen atoms in total. The minimum atomic E-state index is 0.103. The molecule has 0 atom stereocenters. The lowest BCUT2D eigenvalue weighted by atomic mass is 10.1. The van der Waals surface area contributed by atoms with E-state index in [1.165, 1.54) is 0 Å². The topological polar surface area (TPSA) is 38.3 Å². The normalized spacial score (nSPS) is 14.7. The fourth-order valence-electron chi connectivity index (χ4n) is 1.47. The van der Waals surface area contributed by atoms with Crippen LogP contribution in [0.4, 0.5) is 0 Å². The number of benzene rings is 1. The molecular weight excluding hydrogens is 190 g/mol. The highest BCUT2D eigenvalue weighted by molar-refractivity contribution is 5.79. The van der Waals surface area contributed by atoms with Crippen LogP contribution in [-0.4, -0.2) is 19.1 Å². The second-order valence-electron chi connectivity index (χ2n) is 3.87. The largest absolute Gasteiger partial charge is 0.497 e. The second-order valence-corrected chi connectivity index (χ2v) is 3.87. The van der Waals surface area contributed by atoms with Gasteiger partial charge in [0.05, 0.1) is 13.5 Å². The van der Waals surface area contributed by atoms with Crippen LogP contribution in [0.25, 0.3) is 0 Å². The summed E-state index contributed by atoms with van der Waals surface area (Å²) in [6.45, 7) is 0. The Morgan fingerprint density at radius 3 is 3.00 bits per heavy atom. The molecule has 0 heterocycles. The van der Waals surface area contributed by atoms with Crippen molar-refractivity contribution in [2.45, 2.75) is 25.3 Å². The molecule has 1 saturated carbocycles. The van der Waals surface area contributed by atoms with E-state index in [0.29, 0.717) is 12.5 Å². The Labute approximate surface area is 89.4 Å². The number of nitrogens with one attached hydrogen (secondary N) is 1. The van der Waals surface area contributed by atoms with Gasteiger partial charge in [0.25, 0.3) is 0 Å². The molecule has 0 bridgehead atoms. The number of rotatable bonds is 4. The van der Waals surface area contributed by atoms with Crippen molar-refractivity contribution in [1.29, 1.82) is 0 Å². The fourth-order valence-corrected chi connectivity index (χ4v) is 1.47. The van der Waals surface area contributed by atoms with Crippen LogP contribution in [0.2, 0.25) is 0 Å². The molecule has 0 unspecified atom stereocenters. The molecule has 0 saturated heterocycles. The van der Waals surface area contributed by atoms with Crippen molar-refractivity contribution < 1.29 is 9.53 Å². The smallest absolute Gasteiger partial charge is 0.224 e. The summed E-state index contributed by atoms with van der Waals surface area (Å²) in [5, 5.41) is 2.96. The Morgan fingerprint density at radius 2 is 2.33 bits per heavy atom. The van der Waals surface area contributed by atoms with Gasteiger partial charge in [-0.1, -0.05) is 12.1 Å². The number of carbonyl (C=O) groups is 1. The van der Waals surface area contributed by atoms with Crippen molar-refractivity contribution in [1.82, 2.24) is 5.32 Å². The Kier molecular flexibility index (Phi) is 2.90. The number of methoxy groups -OCH3 is 1. The van der Waals surface area contributed by atoms with Gasteiger partial charge < -0.3 is 10.1 Å². The van der Waals surface area contributed by atoms with Crippen molar-refractivity contribution >= 4 is 5.91 Å². The number of carbonyl (C=O) groups excluding carboxylic acids is 1. The maximum atomic E-state index is 11.5. The fraction of sp³-hybridized carbons (Fsp3) is 0.417. The Hall–Kier alpha value is -1.51. The van der Waals surface area contributed by atoms with E-state index < -0.39 is 0 Å². The molecule has 1 aromatic rings. The lowest BCUT2D eigenvalue weighted by molar-refractivity contribution is -0.120. The minimum Gasteiger partial charge on any atom is -0.497 e. The van der Waals surface area contributed by atoms with Crippen molar-refractivity contribution in [3.8, 4) is 5.75 Å². The highest BCUT2D eigenvalue weighted by Crippen LogP contribution is 2.19. The summed E-state index contributed by atoms with van der Waals surface area (Å²) in [6.07, 6.45) is 2.70. The van der Waals surface area contributed by atoms with Crippen LogP contribution in [0.3, 0.4) is 0 Å². The predicted octanol–water partition coefficient (Wildman–Crippen LogP) is 1.52. The average Bonchev–Trinajstić information content (AvgIpc) is 3.02. The molecule has 2 rings (SSSR count). The molecule has 1 fully saturated rings. The van der Waals surface area contributed by atoms with Crippen molar-refractivity contribution in [2.24, 2.45) is 0 Å². The molecule has 1 amide bonds. The molecular formula is C12H15NO2. The maximum absolute atomic E-state index is 11.5. The monoisotopic (exact) mass is 205 g/mol. The van der Waals surface area contributed by atoms with Gasteiger partial charge in [0.2, 0.25) is 5.91 Å². The molecule has 1 aromatic carbocycles. The highest BCUT2D eigenvalue weighted by Gasteiger charge is 2.22. The van der Waals surface area contributed by atoms with Gasteiger partial charge in [0.15, 0.2) is 0 Å². The Bertz CT molecular complexity index is 358. The molecule has 0 radical (unpaired) electrons. The lowest BCUT2D eigenvalue weighted by Crippen LogP contribution is -2.26. The number of ether oxygens (including phenoxy) is 1. The molecule has 0 aromatic heterocycles. The van der Waals surface area contributed by atoms with E-state index in [4.69, 9.17) is 4.74 Å². The van der Waals surface area contributed by atoms with Crippen LogP contribution in [0, 0.1) is 0 Å². The Balaban J connectivity index is 1.93. The van der Waals surface area contributed by atoms with Crippen molar-refractivity contribution in [3.63, 3.8) is 0 Å². The summed E-state index contributed by atoms with van der Waals surface area (Å²) in [7, 11) is 1.63. The van der Waals surface area contributed by atoms with Gasteiger partial charge in [0.1, 0.15) is 5.75 Å². The summed E-state index contributed by atoms with van der Waals surface area (Å²) in [5.74, 6) is 0.900. The first kappa shape index (κ1) is 10.0. The van der Waals surface area contributed by atoms with Crippen molar-refractivity contribution in [3.05, 3.63) is 29.8 Å². The minimum absolute atomic E-state index is 0.103. The molecule has 80 valence electrons. The first-order chi connectivity index (χ1) is 7.28. The van der Waals surface area contributed by atoms with E-state index >= 15 is 0 Å². The van der Waals surface area contributed by atoms with Crippen LogP contribution < -0.4 is 10.1 Å². The summed E-state index contributed by atoms with van der Waals surface area (Å²) >= 11 is 0. The molecule has 3 heteroatoms. The van der Waals surface area contributed by atoms with E-state index in [1.54, 1.807) is 7.11 Å². The van der Waals surface area contributed by atoms with E-state index in [0.717, 1.165) is 24.2 Å². The van der Waals surface area contributed by atoms with Gasteiger partial charge in [-0.3, -0.25) is 4.79 Å². The third-order valence-corrected chi connectivity index (χ3v) is 2.44. The lowest BCUT2D eigenvalue weighted by Gasteiger charge is -2.05. The van der Waals surface area contributed by atoms with E-state index in [-0.39, 0.29) is 5.91 Å². The number of amides is 1. The predicted molar refractivity (Wildman–Crippen MR) is 57.9 cm³/mol. The average molecular weight is 205 g/mol. The van der Waals surface area contributed by atoms with Gasteiger partial charge in [-0.2, -0.15) is 0 Å². The van der Waals surface area contributed by atoms with Gasteiger partial charge in [-0.25, -0.2) is 0 Å². The van der Waals surface area contributed by atoms with Gasteiger partial charge in [-0.15, -0.1) is 0 Å². The van der Waals surface area contributed by atoms with E-state index in [9.17, 15) is 4.79 Å². The zero-order valence-electron chi connectivity index (χ0n) is 8.82. The third kappa shape index (κ3) is 2.98. The first-order valence-electron chi connectivity index (χ1n) is 5.20. The van der Waals surface area contributed by atoms with E-state index in [2.05, 4.69) is 5.32 Å². The molecule has 1 aliphatic carbocycles. The van der Waals surface area contributed by atoms with E-state index in [1.807, 2.05) is 24.3 Å². The number of hydrogen-bond acceptors (Lipinski definition) is 2. The summed E-state index contributed by atoms with van der Waals surface area (Å²) in [6, 6.07) is 8.05. The standard InChI is InChI=1S/C12H15NO2/c1-15-11-4-2-3-9(7-11)8-12(14)13-10-5-6-10/h2-4,7,10H,5-6,8H2,1H3,(H,13,14). The zero-order valence-corrected chi connectivity index (χ0v) is 8.82. The highest BCUT2D eigenvalue weighted by atomic mass is 16.5. The quantitative estimate of drug-likeness (QED) is 0.809. The molecule has 0 aliphatic heterocycles. The van der Waals surface area contributed by atoms with Gasteiger partial charge in [0, 0.05) is 6.04 Å². The van der Waals surface area contributed by atoms with Crippen LogP contribution in [-0.2, 0) is 11.2 Å². The van der Waals surface area contributed by atoms with Gasteiger partial charge >= 0.3 is 0 Å². The van der Waals surface area contributed by atoms with Gasteiger partial charge in [-0.05, 0) is 30.5 Å². The van der Waals surface area contributed by atoms with Crippen molar-refractivity contribution in [2.75, 3.05) is 7.11 Å². The first-order valence-corrected chi connectivity index (χ1v) is 5.20. The van der Waals surface area contributed by atoms with Crippen LogP contribution in [0.5, 0.6) is 5.75 Å². The summed E-state index contributed by atoms with van der Waals surface area (Å²) < 4.78 is 5.10. The van der Waals surface area contributed by atoms with Crippen LogP contribution in [0.15, 0.2) is 24.3 Å².